The predicted octanol–water partition coefficient (Wildman–Crippen LogP) is 1.12. The highest BCUT2D eigenvalue weighted by Gasteiger charge is 2.36. The van der Waals surface area contributed by atoms with Gasteiger partial charge in [-0.15, -0.1) is 5.06 Å². The van der Waals surface area contributed by atoms with Crippen LogP contribution in [-0.2, 0) is 14.4 Å². The van der Waals surface area contributed by atoms with Gasteiger partial charge in [0.1, 0.15) is 11.6 Å². The molecular formula is C13H23N3O5. The van der Waals surface area contributed by atoms with E-state index in [9.17, 15) is 14.4 Å². The molecule has 0 unspecified atom stereocenters. The lowest BCUT2D eigenvalue weighted by Crippen LogP contribution is -2.49. The van der Waals surface area contributed by atoms with Gasteiger partial charge < -0.3 is 14.5 Å². The van der Waals surface area contributed by atoms with Crippen LogP contribution in [0.1, 0.15) is 33.6 Å². The monoisotopic (exact) mass is 301 g/mol. The van der Waals surface area contributed by atoms with Crippen molar-refractivity contribution in [2.24, 2.45) is 0 Å². The summed E-state index contributed by atoms with van der Waals surface area (Å²) in [5, 5.41) is 3.39. The number of nitrogens with zero attached hydrogens (tertiary/aromatic N) is 2. The molecule has 21 heavy (non-hydrogen) atoms. The van der Waals surface area contributed by atoms with Crippen molar-refractivity contribution >= 4 is 18.1 Å². The van der Waals surface area contributed by atoms with E-state index < -0.39 is 29.7 Å². The van der Waals surface area contributed by atoms with Crippen molar-refractivity contribution in [3.63, 3.8) is 0 Å². The Morgan fingerprint density at radius 3 is 2.38 bits per heavy atom. The summed E-state index contributed by atoms with van der Waals surface area (Å²) >= 11 is 0. The second-order valence-corrected chi connectivity index (χ2v) is 6.01. The largest absolute Gasteiger partial charge is 0.443 e. The second-order valence-electron chi connectivity index (χ2n) is 6.01. The van der Waals surface area contributed by atoms with Crippen molar-refractivity contribution in [1.82, 2.24) is 15.3 Å². The van der Waals surface area contributed by atoms with E-state index in [1.807, 2.05) is 0 Å². The molecule has 0 spiro atoms. The first-order chi connectivity index (χ1) is 9.60. The van der Waals surface area contributed by atoms with Crippen LogP contribution in [0.2, 0.25) is 0 Å². The quantitative estimate of drug-likeness (QED) is 0.769. The molecular weight excluding hydrogens is 278 g/mol. The van der Waals surface area contributed by atoms with Gasteiger partial charge in [0.25, 0.3) is 0 Å². The van der Waals surface area contributed by atoms with Gasteiger partial charge in [-0.1, -0.05) is 0 Å². The summed E-state index contributed by atoms with van der Waals surface area (Å²) < 4.78 is 5.01. The summed E-state index contributed by atoms with van der Waals surface area (Å²) in [6, 6.07) is -1.34. The van der Waals surface area contributed by atoms with Crippen molar-refractivity contribution in [3.8, 4) is 0 Å². The molecule has 1 atom stereocenters. The molecule has 0 aromatic heterocycles. The average molecular weight is 301 g/mol. The van der Waals surface area contributed by atoms with Gasteiger partial charge >= 0.3 is 18.1 Å². The fraction of sp³-hybridized carbons (Fsp3) is 0.769. The first kappa shape index (κ1) is 17.2. The highest BCUT2D eigenvalue weighted by Crippen LogP contribution is 2.19. The Morgan fingerprint density at radius 1 is 1.24 bits per heavy atom. The van der Waals surface area contributed by atoms with Crippen LogP contribution in [0.3, 0.4) is 0 Å². The molecule has 1 aliphatic heterocycles. The van der Waals surface area contributed by atoms with Crippen molar-refractivity contribution in [1.29, 1.82) is 0 Å². The molecule has 0 aliphatic carbocycles. The Morgan fingerprint density at radius 2 is 1.86 bits per heavy atom. The van der Waals surface area contributed by atoms with Crippen LogP contribution in [0.15, 0.2) is 0 Å². The predicted molar refractivity (Wildman–Crippen MR) is 74.3 cm³/mol. The summed E-state index contributed by atoms with van der Waals surface area (Å²) in [7, 11) is 3.16. The fourth-order valence-corrected chi connectivity index (χ4v) is 1.96. The zero-order valence-electron chi connectivity index (χ0n) is 13.1. The van der Waals surface area contributed by atoms with Crippen LogP contribution in [0.25, 0.3) is 0 Å². The van der Waals surface area contributed by atoms with Gasteiger partial charge in [-0.05, 0) is 33.6 Å². The molecule has 1 N–H and O–H groups in total. The molecule has 8 heteroatoms. The number of nitrogens with one attached hydrogen (secondary N) is 1. The summed E-state index contributed by atoms with van der Waals surface area (Å²) in [6.07, 6.45) is 0.350. The van der Waals surface area contributed by atoms with Crippen molar-refractivity contribution in [2.75, 3.05) is 20.6 Å². The van der Waals surface area contributed by atoms with E-state index >= 15 is 0 Å². The Bertz CT molecular complexity index is 417. The van der Waals surface area contributed by atoms with E-state index in [0.29, 0.717) is 19.4 Å². The lowest BCUT2D eigenvalue weighted by Gasteiger charge is -2.25. The number of hydroxylamine groups is 2. The number of imide groups is 1. The number of hydrogen-bond acceptors (Lipinski definition) is 6. The number of urea groups is 1. The molecule has 0 aromatic carbocycles. The fourth-order valence-electron chi connectivity index (χ4n) is 1.96. The second kappa shape index (κ2) is 6.75. The zero-order chi connectivity index (χ0) is 16.2. The number of ether oxygens (including phenoxy) is 1. The number of rotatable bonds is 2. The maximum Gasteiger partial charge on any atom is 0.415 e. The topological polar surface area (TPSA) is 88.2 Å². The minimum atomic E-state index is -0.834. The molecule has 0 radical (unpaired) electrons. The maximum absolute atomic E-state index is 12.0. The smallest absolute Gasteiger partial charge is 0.415 e. The van der Waals surface area contributed by atoms with Crippen LogP contribution in [0.5, 0.6) is 0 Å². The summed E-state index contributed by atoms with van der Waals surface area (Å²) in [6.45, 7) is 5.49. The van der Waals surface area contributed by atoms with Gasteiger partial charge in [0.15, 0.2) is 0 Å². The van der Waals surface area contributed by atoms with Crippen molar-refractivity contribution < 1.29 is 24.0 Å². The number of hydrogen-bond donors (Lipinski definition) is 1. The molecule has 1 heterocycles. The third-order valence-corrected chi connectivity index (χ3v) is 2.67. The average Bonchev–Trinajstić information content (AvgIpc) is 2.73. The van der Waals surface area contributed by atoms with Crippen molar-refractivity contribution in [3.05, 3.63) is 0 Å². The number of carbonyl (C=O) groups excluding carboxylic acids is 3. The SMILES string of the molecule is CN(C)OC(=O)[C@@H]1CCCN1C(=O)NC(=O)OC(C)(C)C. The van der Waals surface area contributed by atoms with Crippen LogP contribution < -0.4 is 5.32 Å². The van der Waals surface area contributed by atoms with E-state index in [0.717, 1.165) is 0 Å². The van der Waals surface area contributed by atoms with Gasteiger partial charge in [-0.25, -0.2) is 19.7 Å². The Balaban J connectivity index is 2.60. The standard InChI is InChI=1S/C13H23N3O5/c1-13(2,3)20-12(19)14-11(18)16-8-6-7-9(16)10(17)21-15(4)5/h9H,6-8H2,1-5H3,(H,14,18,19)/t9-/m0/s1. The number of amides is 3. The third kappa shape index (κ3) is 5.58. The van der Waals surface area contributed by atoms with Gasteiger partial charge in [0.05, 0.1) is 0 Å². The molecule has 3 amide bonds. The number of carbonyl (C=O) groups is 3. The van der Waals surface area contributed by atoms with Crippen LogP contribution >= 0.6 is 0 Å². The van der Waals surface area contributed by atoms with Crippen LogP contribution in [0, 0.1) is 0 Å². The number of likely N-dealkylation sites (tertiary alicyclic amines) is 1. The molecule has 0 aromatic rings. The zero-order valence-corrected chi connectivity index (χ0v) is 13.1. The molecule has 0 saturated carbocycles. The minimum absolute atomic E-state index is 0.391. The van der Waals surface area contributed by atoms with E-state index in [4.69, 9.17) is 9.57 Å². The molecule has 0 bridgehead atoms. The van der Waals surface area contributed by atoms with Gasteiger partial charge in [-0.2, -0.15) is 0 Å². The lowest BCUT2D eigenvalue weighted by molar-refractivity contribution is -0.182. The van der Waals surface area contributed by atoms with E-state index in [2.05, 4.69) is 5.32 Å². The summed E-state index contributed by atoms with van der Waals surface area (Å²) in [4.78, 5) is 41.7. The van der Waals surface area contributed by atoms with Gasteiger partial charge in [-0.3, -0.25) is 0 Å². The normalized spacial score (nSPS) is 18.6. The Hall–Kier alpha value is -1.83. The van der Waals surface area contributed by atoms with E-state index in [1.54, 1.807) is 34.9 Å². The summed E-state index contributed by atoms with van der Waals surface area (Å²) in [5.74, 6) is -0.517. The Labute approximate surface area is 124 Å². The first-order valence-electron chi connectivity index (χ1n) is 6.80. The van der Waals surface area contributed by atoms with Crippen LogP contribution in [0.4, 0.5) is 9.59 Å². The Kier molecular flexibility index (Phi) is 5.54. The molecule has 1 fully saturated rings. The van der Waals surface area contributed by atoms with Gasteiger partial charge in [0.2, 0.25) is 0 Å². The highest BCUT2D eigenvalue weighted by molar-refractivity contribution is 5.93. The maximum atomic E-state index is 12.0. The minimum Gasteiger partial charge on any atom is -0.443 e. The lowest BCUT2D eigenvalue weighted by atomic mass is 10.2. The molecule has 1 saturated heterocycles. The van der Waals surface area contributed by atoms with Crippen LogP contribution in [-0.4, -0.2) is 60.3 Å². The first-order valence-corrected chi connectivity index (χ1v) is 6.80. The number of alkyl carbamates (subject to hydrolysis) is 1. The van der Waals surface area contributed by atoms with E-state index in [-0.39, 0.29) is 0 Å². The summed E-state index contributed by atoms with van der Waals surface area (Å²) in [5.41, 5.74) is -0.696. The van der Waals surface area contributed by atoms with Crippen molar-refractivity contribution in [2.45, 2.75) is 45.3 Å². The molecule has 1 aliphatic rings. The molecule has 120 valence electrons. The van der Waals surface area contributed by atoms with Gasteiger partial charge in [0, 0.05) is 20.6 Å². The molecule has 1 rings (SSSR count). The third-order valence-electron chi connectivity index (χ3n) is 2.67. The molecule has 8 nitrogen and oxygen atoms in total. The highest BCUT2D eigenvalue weighted by atomic mass is 16.7. The van der Waals surface area contributed by atoms with E-state index in [1.165, 1.54) is 9.96 Å².